The topological polar surface area (TPSA) is 41.1 Å². The molecule has 4 heteroatoms. The van der Waals surface area contributed by atoms with Gasteiger partial charge in [-0.1, -0.05) is 6.07 Å². The van der Waals surface area contributed by atoms with Crippen LogP contribution in [0.25, 0.3) is 0 Å². The summed E-state index contributed by atoms with van der Waals surface area (Å²) in [5.74, 6) is 0.192. The molecule has 2 rings (SSSR count). The normalized spacial score (nSPS) is 24.5. The van der Waals surface area contributed by atoms with Crippen molar-refractivity contribution in [1.82, 2.24) is 10.6 Å². The summed E-state index contributed by atoms with van der Waals surface area (Å²) in [6, 6.07) is 5.00. The molecular formula is C13H20N2OS. The molecule has 1 aromatic rings. The molecule has 1 aromatic heterocycles. The lowest BCUT2D eigenvalue weighted by Crippen LogP contribution is -2.46. The summed E-state index contributed by atoms with van der Waals surface area (Å²) in [5.41, 5.74) is 0. The number of rotatable bonds is 4. The van der Waals surface area contributed by atoms with Gasteiger partial charge in [-0.15, -0.1) is 11.3 Å². The van der Waals surface area contributed by atoms with Gasteiger partial charge in [-0.2, -0.15) is 0 Å². The SMILES string of the molecule is CC1CC(NC(=O)CCc2cccs2)CCN1. The maximum absolute atomic E-state index is 11.8. The zero-order valence-electron chi connectivity index (χ0n) is 10.2. The quantitative estimate of drug-likeness (QED) is 0.860. The van der Waals surface area contributed by atoms with E-state index in [0.29, 0.717) is 18.5 Å². The number of piperidine rings is 1. The first kappa shape index (κ1) is 12.6. The molecular weight excluding hydrogens is 232 g/mol. The number of hydrogen-bond acceptors (Lipinski definition) is 3. The summed E-state index contributed by atoms with van der Waals surface area (Å²) >= 11 is 1.72. The number of nitrogens with one attached hydrogen (secondary N) is 2. The standard InChI is InChI=1S/C13H20N2OS/c1-10-9-11(6-7-14-10)15-13(16)5-4-12-3-2-8-17-12/h2-3,8,10-11,14H,4-7,9H2,1H3,(H,15,16). The minimum absolute atomic E-state index is 0.192. The van der Waals surface area contributed by atoms with E-state index >= 15 is 0 Å². The average Bonchev–Trinajstić information content (AvgIpc) is 2.79. The molecule has 0 bridgehead atoms. The molecule has 0 radical (unpaired) electrons. The Kier molecular flexibility index (Phi) is 4.57. The van der Waals surface area contributed by atoms with Crippen molar-refractivity contribution in [2.75, 3.05) is 6.54 Å². The van der Waals surface area contributed by atoms with Crippen LogP contribution in [0.3, 0.4) is 0 Å². The van der Waals surface area contributed by atoms with Gasteiger partial charge >= 0.3 is 0 Å². The van der Waals surface area contributed by atoms with E-state index in [-0.39, 0.29) is 5.91 Å². The molecule has 2 unspecified atom stereocenters. The van der Waals surface area contributed by atoms with Crippen LogP contribution in [-0.2, 0) is 11.2 Å². The highest BCUT2D eigenvalue weighted by Gasteiger charge is 2.19. The van der Waals surface area contributed by atoms with E-state index in [4.69, 9.17) is 0 Å². The van der Waals surface area contributed by atoms with Crippen LogP contribution >= 0.6 is 11.3 Å². The van der Waals surface area contributed by atoms with Crippen LogP contribution in [0.15, 0.2) is 17.5 Å². The molecule has 3 nitrogen and oxygen atoms in total. The first-order chi connectivity index (χ1) is 8.24. The number of thiophene rings is 1. The summed E-state index contributed by atoms with van der Waals surface area (Å²) < 4.78 is 0. The molecule has 2 heterocycles. The van der Waals surface area contributed by atoms with Gasteiger partial charge in [0.05, 0.1) is 0 Å². The van der Waals surface area contributed by atoms with Gasteiger partial charge in [0, 0.05) is 23.4 Å². The number of carbonyl (C=O) groups is 1. The fourth-order valence-corrected chi connectivity index (χ4v) is 2.96. The molecule has 0 saturated carbocycles. The minimum Gasteiger partial charge on any atom is -0.353 e. The zero-order chi connectivity index (χ0) is 12.1. The predicted octanol–water partition coefficient (Wildman–Crippen LogP) is 1.94. The van der Waals surface area contributed by atoms with Crippen LogP contribution < -0.4 is 10.6 Å². The van der Waals surface area contributed by atoms with Gasteiger partial charge in [0.2, 0.25) is 5.91 Å². The number of amides is 1. The van der Waals surface area contributed by atoms with Crippen LogP contribution in [0, 0.1) is 0 Å². The molecule has 94 valence electrons. The Morgan fingerprint density at radius 3 is 3.24 bits per heavy atom. The molecule has 0 spiro atoms. The van der Waals surface area contributed by atoms with Gasteiger partial charge in [0.15, 0.2) is 0 Å². The largest absolute Gasteiger partial charge is 0.353 e. The lowest BCUT2D eigenvalue weighted by atomic mass is 10.0. The maximum Gasteiger partial charge on any atom is 0.220 e. The van der Waals surface area contributed by atoms with Crippen molar-refractivity contribution in [3.63, 3.8) is 0 Å². The van der Waals surface area contributed by atoms with Crippen molar-refractivity contribution in [2.24, 2.45) is 0 Å². The molecule has 0 aromatic carbocycles. The van der Waals surface area contributed by atoms with E-state index in [0.717, 1.165) is 25.8 Å². The maximum atomic E-state index is 11.8. The second-order valence-electron chi connectivity index (χ2n) is 4.72. The van der Waals surface area contributed by atoms with Crippen molar-refractivity contribution >= 4 is 17.2 Å². The van der Waals surface area contributed by atoms with Gasteiger partial charge in [0.1, 0.15) is 0 Å². The van der Waals surface area contributed by atoms with Crippen molar-refractivity contribution in [1.29, 1.82) is 0 Å². The first-order valence-corrected chi connectivity index (χ1v) is 7.17. The van der Waals surface area contributed by atoms with E-state index in [9.17, 15) is 4.79 Å². The highest BCUT2D eigenvalue weighted by atomic mass is 32.1. The van der Waals surface area contributed by atoms with Gasteiger partial charge in [0.25, 0.3) is 0 Å². The fraction of sp³-hybridized carbons (Fsp3) is 0.615. The molecule has 1 aliphatic heterocycles. The third-order valence-electron chi connectivity index (χ3n) is 3.17. The summed E-state index contributed by atoms with van der Waals surface area (Å²) in [5, 5.41) is 8.58. The van der Waals surface area contributed by atoms with Gasteiger partial charge < -0.3 is 10.6 Å². The summed E-state index contributed by atoms with van der Waals surface area (Å²) in [6.07, 6.45) is 3.57. The number of aryl methyl sites for hydroxylation is 1. The van der Waals surface area contributed by atoms with Crippen molar-refractivity contribution in [3.8, 4) is 0 Å². The highest BCUT2D eigenvalue weighted by molar-refractivity contribution is 7.09. The third kappa shape index (κ3) is 4.13. The highest BCUT2D eigenvalue weighted by Crippen LogP contribution is 2.12. The van der Waals surface area contributed by atoms with E-state index in [1.165, 1.54) is 4.88 Å². The molecule has 1 saturated heterocycles. The zero-order valence-corrected chi connectivity index (χ0v) is 11.1. The van der Waals surface area contributed by atoms with E-state index in [1.807, 2.05) is 6.07 Å². The van der Waals surface area contributed by atoms with E-state index in [2.05, 4.69) is 29.0 Å². The molecule has 1 fully saturated rings. The van der Waals surface area contributed by atoms with Crippen LogP contribution in [0.5, 0.6) is 0 Å². The predicted molar refractivity (Wildman–Crippen MR) is 71.3 cm³/mol. The first-order valence-electron chi connectivity index (χ1n) is 6.29. The minimum atomic E-state index is 0.192. The van der Waals surface area contributed by atoms with Crippen molar-refractivity contribution in [3.05, 3.63) is 22.4 Å². The monoisotopic (exact) mass is 252 g/mol. The van der Waals surface area contributed by atoms with Crippen LogP contribution in [0.2, 0.25) is 0 Å². The molecule has 0 aliphatic carbocycles. The van der Waals surface area contributed by atoms with Gasteiger partial charge in [-0.05, 0) is 44.2 Å². The van der Waals surface area contributed by atoms with Gasteiger partial charge in [-0.3, -0.25) is 4.79 Å². The fourth-order valence-electron chi connectivity index (χ4n) is 2.25. The van der Waals surface area contributed by atoms with Crippen LogP contribution in [-0.4, -0.2) is 24.5 Å². The van der Waals surface area contributed by atoms with Crippen molar-refractivity contribution < 1.29 is 4.79 Å². The average molecular weight is 252 g/mol. The summed E-state index contributed by atoms with van der Waals surface area (Å²) in [6.45, 7) is 3.18. The Balaban J connectivity index is 1.70. The second kappa shape index (κ2) is 6.17. The summed E-state index contributed by atoms with van der Waals surface area (Å²) in [7, 11) is 0. The van der Waals surface area contributed by atoms with Crippen LogP contribution in [0.1, 0.15) is 31.1 Å². The Hall–Kier alpha value is -0.870. The Morgan fingerprint density at radius 1 is 1.65 bits per heavy atom. The van der Waals surface area contributed by atoms with Crippen LogP contribution in [0.4, 0.5) is 0 Å². The van der Waals surface area contributed by atoms with Gasteiger partial charge in [-0.25, -0.2) is 0 Å². The number of hydrogen-bond donors (Lipinski definition) is 2. The Labute approximate surface area is 107 Å². The molecule has 2 N–H and O–H groups in total. The van der Waals surface area contributed by atoms with E-state index in [1.54, 1.807) is 11.3 Å². The van der Waals surface area contributed by atoms with E-state index < -0.39 is 0 Å². The lowest BCUT2D eigenvalue weighted by Gasteiger charge is -2.28. The molecule has 2 atom stereocenters. The Bertz CT molecular complexity index is 350. The summed E-state index contributed by atoms with van der Waals surface area (Å²) in [4.78, 5) is 13.1. The number of carbonyl (C=O) groups excluding carboxylic acids is 1. The molecule has 1 amide bonds. The molecule has 17 heavy (non-hydrogen) atoms. The molecule has 1 aliphatic rings. The lowest BCUT2D eigenvalue weighted by molar-refractivity contribution is -0.121. The smallest absolute Gasteiger partial charge is 0.220 e. The van der Waals surface area contributed by atoms with Crippen molar-refractivity contribution in [2.45, 2.75) is 44.7 Å². The second-order valence-corrected chi connectivity index (χ2v) is 5.76. The third-order valence-corrected chi connectivity index (χ3v) is 4.10. The Morgan fingerprint density at radius 2 is 2.53 bits per heavy atom.